The molecule has 2 heterocycles. The van der Waals surface area contributed by atoms with Crippen molar-refractivity contribution in [1.82, 2.24) is 14.8 Å². The summed E-state index contributed by atoms with van der Waals surface area (Å²) in [4.78, 5) is 18.7. The molecule has 0 bridgehead atoms. The molecule has 0 fully saturated rings. The topological polar surface area (TPSA) is 90.3 Å². The van der Waals surface area contributed by atoms with E-state index in [9.17, 15) is 9.18 Å². The zero-order chi connectivity index (χ0) is 32.1. The van der Waals surface area contributed by atoms with Gasteiger partial charge in [0.2, 0.25) is 11.1 Å². The van der Waals surface area contributed by atoms with Crippen molar-refractivity contribution in [3.63, 3.8) is 0 Å². The van der Waals surface area contributed by atoms with Crippen LogP contribution < -0.4 is 20.1 Å². The number of allylic oxidation sites excluding steroid dienone is 1. The molecule has 45 heavy (non-hydrogen) atoms. The van der Waals surface area contributed by atoms with Crippen LogP contribution in [0.2, 0.25) is 5.02 Å². The highest BCUT2D eigenvalue weighted by Gasteiger charge is 2.35. The highest BCUT2D eigenvalue weighted by atomic mass is 79.9. The third-order valence-corrected chi connectivity index (χ3v) is 9.02. The van der Waals surface area contributed by atoms with Crippen LogP contribution in [0.3, 0.4) is 0 Å². The van der Waals surface area contributed by atoms with E-state index < -0.39 is 11.9 Å². The third kappa shape index (κ3) is 7.48. The minimum Gasteiger partial charge on any atom is -0.490 e. The average molecular weight is 715 g/mol. The maximum Gasteiger partial charge on any atom is 0.255 e. The van der Waals surface area contributed by atoms with Gasteiger partial charge in [0.05, 0.1) is 21.7 Å². The highest BCUT2D eigenvalue weighted by Crippen LogP contribution is 2.44. The number of aromatic nitrogens is 3. The van der Waals surface area contributed by atoms with Crippen LogP contribution in [-0.4, -0.2) is 33.0 Å². The first-order valence-electron chi connectivity index (χ1n) is 14.7. The number of unbranched alkanes of at least 4 members (excludes halogenated alkanes) is 1. The summed E-state index contributed by atoms with van der Waals surface area (Å²) in [5.74, 6) is 1.49. The summed E-state index contributed by atoms with van der Waals surface area (Å²) in [6.07, 6.45) is 2.11. The minimum absolute atomic E-state index is 0.106. The number of amides is 1. The van der Waals surface area contributed by atoms with Gasteiger partial charge in [-0.3, -0.25) is 4.79 Å². The van der Waals surface area contributed by atoms with Crippen LogP contribution >= 0.6 is 39.3 Å². The largest absolute Gasteiger partial charge is 0.490 e. The lowest BCUT2D eigenvalue weighted by Crippen LogP contribution is -2.31. The predicted octanol–water partition coefficient (Wildman–Crippen LogP) is 8.94. The monoisotopic (exact) mass is 713 g/mol. The summed E-state index contributed by atoms with van der Waals surface area (Å²) >= 11 is 11.5. The smallest absolute Gasteiger partial charge is 0.255 e. The van der Waals surface area contributed by atoms with Gasteiger partial charge < -0.3 is 20.1 Å². The summed E-state index contributed by atoms with van der Waals surface area (Å²) < 4.78 is 28.9. The molecule has 0 spiro atoms. The van der Waals surface area contributed by atoms with Gasteiger partial charge in [-0.1, -0.05) is 54.9 Å². The van der Waals surface area contributed by atoms with Crippen LogP contribution in [0.5, 0.6) is 11.5 Å². The van der Waals surface area contributed by atoms with Gasteiger partial charge in [0, 0.05) is 22.7 Å². The Kier molecular flexibility index (Phi) is 10.7. The van der Waals surface area contributed by atoms with Gasteiger partial charge in [0.15, 0.2) is 11.5 Å². The Morgan fingerprint density at radius 2 is 1.96 bits per heavy atom. The Balaban J connectivity index is 1.57. The number of halogens is 3. The molecule has 2 N–H and O–H groups in total. The molecule has 236 valence electrons. The molecule has 0 saturated carbocycles. The van der Waals surface area contributed by atoms with Gasteiger partial charge in [-0.2, -0.15) is 4.98 Å². The van der Waals surface area contributed by atoms with Crippen LogP contribution in [0.4, 0.5) is 16.0 Å². The second-order valence-electron chi connectivity index (χ2n) is 10.5. The molecule has 1 aliphatic rings. The van der Waals surface area contributed by atoms with E-state index in [0.29, 0.717) is 56.2 Å². The number of fused-ring (bicyclic) bond motifs is 1. The number of nitrogens with one attached hydrogen (secondary N) is 2. The quantitative estimate of drug-likeness (QED) is 0.112. The number of carbonyl (C=O) groups excluding carboxylic acids is 1. The van der Waals surface area contributed by atoms with Gasteiger partial charge in [-0.25, -0.2) is 9.07 Å². The lowest BCUT2D eigenvalue weighted by atomic mass is 9.94. The van der Waals surface area contributed by atoms with Crippen molar-refractivity contribution in [1.29, 1.82) is 0 Å². The molecule has 5 rings (SSSR count). The van der Waals surface area contributed by atoms with E-state index in [1.807, 2.05) is 57.2 Å². The van der Waals surface area contributed by atoms with Gasteiger partial charge >= 0.3 is 0 Å². The number of anilines is 2. The van der Waals surface area contributed by atoms with Crippen molar-refractivity contribution in [3.8, 4) is 11.5 Å². The Bertz CT molecular complexity index is 1730. The summed E-state index contributed by atoms with van der Waals surface area (Å²) in [6, 6.07) is 15.2. The van der Waals surface area contributed by atoms with Crippen LogP contribution in [-0.2, 0) is 11.4 Å². The van der Waals surface area contributed by atoms with Crippen molar-refractivity contribution < 1.29 is 18.7 Å². The Morgan fingerprint density at radius 3 is 2.69 bits per heavy atom. The molecule has 0 radical (unpaired) electrons. The molecule has 0 saturated heterocycles. The first kappa shape index (κ1) is 32.8. The van der Waals surface area contributed by atoms with E-state index in [2.05, 4.69) is 33.5 Å². The van der Waals surface area contributed by atoms with Crippen molar-refractivity contribution in [2.24, 2.45) is 0 Å². The van der Waals surface area contributed by atoms with E-state index >= 15 is 0 Å². The summed E-state index contributed by atoms with van der Waals surface area (Å²) in [7, 11) is 0. The van der Waals surface area contributed by atoms with Crippen molar-refractivity contribution in [2.45, 2.75) is 58.3 Å². The summed E-state index contributed by atoms with van der Waals surface area (Å²) in [5, 5.41) is 12.1. The third-order valence-electron chi connectivity index (χ3n) is 7.15. The molecule has 4 aromatic rings. The minimum atomic E-state index is -0.648. The van der Waals surface area contributed by atoms with Crippen LogP contribution in [0.1, 0.15) is 56.3 Å². The Labute approximate surface area is 279 Å². The maximum atomic E-state index is 14.5. The number of rotatable bonds is 12. The van der Waals surface area contributed by atoms with Crippen LogP contribution in [0, 0.1) is 12.7 Å². The van der Waals surface area contributed by atoms with Gasteiger partial charge in [0.1, 0.15) is 18.5 Å². The number of ether oxygens (including phenoxy) is 2. The number of nitrogens with zero attached hydrogens (tertiary/aromatic N) is 3. The van der Waals surface area contributed by atoms with E-state index in [1.165, 1.54) is 6.07 Å². The molecular formula is C33H34BrClFN5O3S. The number of carbonyl (C=O) groups is 1. The molecule has 8 nitrogen and oxygen atoms in total. The van der Waals surface area contributed by atoms with Gasteiger partial charge in [-0.05, 0) is 90.6 Å². The number of benzene rings is 3. The second kappa shape index (κ2) is 14.7. The SMILES string of the molecule is CCCCSc1nc2n(n1)C(c1cc(Br)c(OCc3c(F)cccc3Cl)c(OCC)c1)C(C(=O)Nc1cccc(C)c1)=C(C)N2. The van der Waals surface area contributed by atoms with Crippen molar-refractivity contribution in [3.05, 3.63) is 97.9 Å². The fraction of sp³-hybridized carbons (Fsp3) is 0.303. The first-order chi connectivity index (χ1) is 21.7. The van der Waals surface area contributed by atoms with Crippen molar-refractivity contribution >= 4 is 56.8 Å². The first-order valence-corrected chi connectivity index (χ1v) is 16.8. The molecule has 12 heteroatoms. The molecule has 1 amide bonds. The fourth-order valence-electron chi connectivity index (χ4n) is 4.99. The Hall–Kier alpha value is -3.54. The highest BCUT2D eigenvalue weighted by molar-refractivity contribution is 9.10. The molecule has 1 atom stereocenters. The summed E-state index contributed by atoms with van der Waals surface area (Å²) in [5.41, 5.74) is 3.80. The number of hydrogen-bond acceptors (Lipinski definition) is 7. The number of thioether (sulfide) groups is 1. The maximum absolute atomic E-state index is 14.5. The molecule has 1 unspecified atom stereocenters. The van der Waals surface area contributed by atoms with E-state index in [0.717, 1.165) is 24.2 Å². The number of aryl methyl sites for hydroxylation is 1. The standard InChI is InChI=1S/C33H34BrClFN5O3S/c1-5-7-14-45-33-39-32-37-20(4)28(31(42)38-22-11-8-10-19(3)15-22)29(41(32)40-33)21-16-24(34)30(27(17-21)43-6-2)44-18-23-25(35)12-9-13-26(23)36/h8-13,15-17,29H,5-7,14,18H2,1-4H3,(H,38,42)(H,37,39,40). The zero-order valence-corrected chi connectivity index (χ0v) is 28.6. The predicted molar refractivity (Wildman–Crippen MR) is 181 cm³/mol. The lowest BCUT2D eigenvalue weighted by Gasteiger charge is -2.29. The van der Waals surface area contributed by atoms with E-state index in [1.54, 1.807) is 28.6 Å². The fourth-order valence-corrected chi connectivity index (χ4v) is 6.69. The van der Waals surface area contributed by atoms with Gasteiger partial charge in [-0.15, -0.1) is 5.10 Å². The molecule has 1 aliphatic heterocycles. The van der Waals surface area contributed by atoms with Crippen LogP contribution in [0.25, 0.3) is 0 Å². The Morgan fingerprint density at radius 1 is 1.16 bits per heavy atom. The van der Waals surface area contributed by atoms with Crippen LogP contribution in [0.15, 0.2) is 75.5 Å². The normalized spacial score (nSPS) is 14.2. The zero-order valence-electron chi connectivity index (χ0n) is 25.4. The number of hydrogen-bond donors (Lipinski definition) is 2. The second-order valence-corrected chi connectivity index (χ2v) is 12.8. The summed E-state index contributed by atoms with van der Waals surface area (Å²) in [6.45, 7) is 8.08. The average Bonchev–Trinajstić information content (AvgIpc) is 3.39. The van der Waals surface area contributed by atoms with E-state index in [4.69, 9.17) is 31.2 Å². The molecule has 3 aromatic carbocycles. The molecule has 0 aliphatic carbocycles. The molecule has 1 aromatic heterocycles. The van der Waals surface area contributed by atoms with Gasteiger partial charge in [0.25, 0.3) is 5.91 Å². The lowest BCUT2D eigenvalue weighted by molar-refractivity contribution is -0.113. The van der Waals surface area contributed by atoms with Crippen molar-refractivity contribution in [2.75, 3.05) is 23.0 Å². The van der Waals surface area contributed by atoms with E-state index in [-0.39, 0.29) is 23.1 Å². The molecular weight excluding hydrogens is 681 g/mol.